The van der Waals surface area contributed by atoms with Crippen LogP contribution in [0.15, 0.2) is 30.6 Å². The second-order valence-electron chi connectivity index (χ2n) is 5.81. The van der Waals surface area contributed by atoms with E-state index in [1.807, 2.05) is 18.2 Å². The molecular weight excluding hydrogens is 292 g/mol. The molecule has 3 rings (SSSR count). The van der Waals surface area contributed by atoms with Crippen LogP contribution >= 0.6 is 0 Å². The third kappa shape index (κ3) is 3.53. The number of amides is 1. The first-order chi connectivity index (χ1) is 11.2. The van der Waals surface area contributed by atoms with Gasteiger partial charge in [0.2, 0.25) is 0 Å². The number of fused-ring (bicyclic) bond motifs is 1. The van der Waals surface area contributed by atoms with Gasteiger partial charge in [-0.15, -0.1) is 0 Å². The molecule has 1 amide bonds. The van der Waals surface area contributed by atoms with Crippen LogP contribution in [0.25, 0.3) is 0 Å². The van der Waals surface area contributed by atoms with Crippen LogP contribution in [0.4, 0.5) is 0 Å². The summed E-state index contributed by atoms with van der Waals surface area (Å²) in [5.41, 5.74) is 8.70. The third-order valence-corrected chi connectivity index (χ3v) is 4.21. The van der Waals surface area contributed by atoms with Gasteiger partial charge in [0.25, 0.3) is 5.91 Å². The van der Waals surface area contributed by atoms with E-state index < -0.39 is 5.91 Å². The van der Waals surface area contributed by atoms with Crippen LogP contribution in [0.2, 0.25) is 0 Å². The highest BCUT2D eigenvalue weighted by molar-refractivity contribution is 5.75. The summed E-state index contributed by atoms with van der Waals surface area (Å²) in [7, 11) is 0. The number of ether oxygens (including phenoxy) is 1. The molecule has 0 fully saturated rings. The largest absolute Gasteiger partial charge is 0.484 e. The number of hydrogen-bond acceptors (Lipinski definition) is 4. The van der Waals surface area contributed by atoms with E-state index in [0.717, 1.165) is 31.5 Å². The van der Waals surface area contributed by atoms with E-state index in [1.165, 1.54) is 11.4 Å². The lowest BCUT2D eigenvalue weighted by Crippen LogP contribution is -2.34. The predicted octanol–water partition coefficient (Wildman–Crippen LogP) is 1.78. The van der Waals surface area contributed by atoms with Crippen molar-refractivity contribution >= 4 is 5.91 Å². The second-order valence-corrected chi connectivity index (χ2v) is 5.81. The average Bonchev–Trinajstić information content (AvgIpc) is 3.02. The van der Waals surface area contributed by atoms with Gasteiger partial charge in [0, 0.05) is 25.2 Å². The van der Waals surface area contributed by atoms with E-state index in [-0.39, 0.29) is 6.61 Å². The fourth-order valence-corrected chi connectivity index (χ4v) is 3.17. The lowest BCUT2D eigenvalue weighted by Gasteiger charge is -2.34. The lowest BCUT2D eigenvalue weighted by atomic mass is 9.99. The van der Waals surface area contributed by atoms with Gasteiger partial charge < -0.3 is 15.5 Å². The molecule has 0 unspecified atom stereocenters. The Kier molecular flexibility index (Phi) is 4.62. The van der Waals surface area contributed by atoms with Gasteiger partial charge in [0.05, 0.1) is 18.1 Å². The van der Waals surface area contributed by atoms with Crippen molar-refractivity contribution in [2.45, 2.75) is 32.4 Å². The molecule has 1 aliphatic heterocycles. The van der Waals surface area contributed by atoms with E-state index in [9.17, 15) is 4.79 Å². The smallest absolute Gasteiger partial charge is 0.255 e. The van der Waals surface area contributed by atoms with Crippen molar-refractivity contribution < 1.29 is 9.53 Å². The molecule has 2 heterocycles. The number of H-pyrrole nitrogens is 1. The molecule has 1 aromatic carbocycles. The Hall–Kier alpha value is -2.34. The molecule has 23 heavy (non-hydrogen) atoms. The van der Waals surface area contributed by atoms with E-state index in [2.05, 4.69) is 27.9 Å². The number of nitrogens with one attached hydrogen (secondary N) is 1. The monoisotopic (exact) mass is 314 g/mol. The average molecular weight is 314 g/mol. The SMILES string of the molecule is CC[C@@H]1c2nc[nH]c2CCN1Cc1cccc(OCC(N)=O)c1. The number of aromatic amines is 1. The van der Waals surface area contributed by atoms with Crippen LogP contribution in [0.5, 0.6) is 5.75 Å². The quantitative estimate of drug-likeness (QED) is 0.851. The van der Waals surface area contributed by atoms with Gasteiger partial charge in [0.15, 0.2) is 6.61 Å². The zero-order valence-corrected chi connectivity index (χ0v) is 13.3. The molecule has 3 N–H and O–H groups in total. The number of nitrogens with two attached hydrogens (primary N) is 1. The summed E-state index contributed by atoms with van der Waals surface area (Å²) >= 11 is 0. The van der Waals surface area contributed by atoms with Crippen LogP contribution in [0.3, 0.4) is 0 Å². The number of carbonyl (C=O) groups is 1. The van der Waals surface area contributed by atoms with Crippen molar-refractivity contribution in [3.05, 3.63) is 47.5 Å². The van der Waals surface area contributed by atoms with E-state index >= 15 is 0 Å². The molecule has 0 saturated heterocycles. The van der Waals surface area contributed by atoms with Gasteiger partial charge in [-0.3, -0.25) is 9.69 Å². The molecule has 0 aliphatic carbocycles. The fraction of sp³-hybridized carbons (Fsp3) is 0.412. The van der Waals surface area contributed by atoms with Crippen molar-refractivity contribution in [2.24, 2.45) is 5.73 Å². The van der Waals surface area contributed by atoms with Crippen LogP contribution in [-0.4, -0.2) is 33.9 Å². The predicted molar refractivity (Wildman–Crippen MR) is 86.9 cm³/mol. The summed E-state index contributed by atoms with van der Waals surface area (Å²) < 4.78 is 5.38. The maximum atomic E-state index is 10.8. The Morgan fingerprint density at radius 2 is 2.39 bits per heavy atom. The number of primary amides is 1. The minimum Gasteiger partial charge on any atom is -0.484 e. The summed E-state index contributed by atoms with van der Waals surface area (Å²) in [6, 6.07) is 8.15. The molecule has 6 nitrogen and oxygen atoms in total. The molecule has 0 radical (unpaired) electrons. The first kappa shape index (κ1) is 15.6. The number of imidazole rings is 1. The maximum absolute atomic E-state index is 10.8. The maximum Gasteiger partial charge on any atom is 0.255 e. The first-order valence-electron chi connectivity index (χ1n) is 7.93. The highest BCUT2D eigenvalue weighted by atomic mass is 16.5. The second kappa shape index (κ2) is 6.83. The van der Waals surface area contributed by atoms with Crippen LogP contribution in [0, 0.1) is 0 Å². The van der Waals surface area contributed by atoms with E-state index in [4.69, 9.17) is 10.5 Å². The fourth-order valence-electron chi connectivity index (χ4n) is 3.17. The Morgan fingerprint density at radius 1 is 1.52 bits per heavy atom. The van der Waals surface area contributed by atoms with Gasteiger partial charge >= 0.3 is 0 Å². The number of aromatic nitrogens is 2. The minimum absolute atomic E-state index is 0.0959. The van der Waals surface area contributed by atoms with Crippen molar-refractivity contribution in [1.29, 1.82) is 0 Å². The minimum atomic E-state index is -0.469. The number of benzene rings is 1. The molecule has 0 spiro atoms. The molecule has 0 bridgehead atoms. The molecule has 6 heteroatoms. The highest BCUT2D eigenvalue weighted by Crippen LogP contribution is 2.31. The first-order valence-corrected chi connectivity index (χ1v) is 7.93. The number of hydrogen-bond donors (Lipinski definition) is 2. The van der Waals surface area contributed by atoms with Crippen molar-refractivity contribution in [3.63, 3.8) is 0 Å². The zero-order valence-electron chi connectivity index (χ0n) is 13.3. The molecule has 122 valence electrons. The Bertz CT molecular complexity index is 683. The third-order valence-electron chi connectivity index (χ3n) is 4.21. The summed E-state index contributed by atoms with van der Waals surface area (Å²) in [4.78, 5) is 21.0. The van der Waals surface area contributed by atoms with Crippen molar-refractivity contribution in [1.82, 2.24) is 14.9 Å². The Morgan fingerprint density at radius 3 is 3.17 bits per heavy atom. The summed E-state index contributed by atoms with van der Waals surface area (Å²) in [5, 5.41) is 0. The summed E-state index contributed by atoms with van der Waals surface area (Å²) in [6.45, 7) is 3.92. The Balaban J connectivity index is 1.72. The molecule has 1 aliphatic rings. The van der Waals surface area contributed by atoms with E-state index in [0.29, 0.717) is 11.8 Å². The number of rotatable bonds is 6. The standard InChI is InChI=1S/C17H22N4O2/c1-2-15-17-14(19-11-20-17)6-7-21(15)9-12-4-3-5-13(8-12)23-10-16(18)22/h3-5,8,11,15H,2,6-7,9-10H2,1H3,(H2,18,22)(H,19,20)/t15-/m1/s1. The topological polar surface area (TPSA) is 84.2 Å². The zero-order chi connectivity index (χ0) is 16.2. The molecule has 0 saturated carbocycles. The van der Waals surface area contributed by atoms with Crippen LogP contribution < -0.4 is 10.5 Å². The van der Waals surface area contributed by atoms with Gasteiger partial charge in [-0.05, 0) is 24.1 Å². The van der Waals surface area contributed by atoms with Crippen LogP contribution in [0.1, 0.15) is 36.3 Å². The van der Waals surface area contributed by atoms with Gasteiger partial charge in [0.1, 0.15) is 5.75 Å². The van der Waals surface area contributed by atoms with Gasteiger partial charge in [-0.1, -0.05) is 19.1 Å². The summed E-state index contributed by atoms with van der Waals surface area (Å²) in [5.74, 6) is 0.204. The van der Waals surface area contributed by atoms with Crippen molar-refractivity contribution in [2.75, 3.05) is 13.2 Å². The van der Waals surface area contributed by atoms with E-state index in [1.54, 1.807) is 6.33 Å². The highest BCUT2D eigenvalue weighted by Gasteiger charge is 2.28. The lowest BCUT2D eigenvalue weighted by molar-refractivity contribution is -0.119. The van der Waals surface area contributed by atoms with Crippen molar-refractivity contribution in [3.8, 4) is 5.75 Å². The molecule has 1 aromatic heterocycles. The van der Waals surface area contributed by atoms with Gasteiger partial charge in [-0.2, -0.15) is 0 Å². The molecular formula is C17H22N4O2. The summed E-state index contributed by atoms with van der Waals surface area (Å²) in [6.07, 6.45) is 3.80. The molecule has 2 aromatic rings. The number of carbonyl (C=O) groups excluding carboxylic acids is 1. The molecule has 1 atom stereocenters. The Labute approximate surface area is 135 Å². The van der Waals surface area contributed by atoms with Crippen LogP contribution in [-0.2, 0) is 17.8 Å². The normalized spacial score (nSPS) is 17.7. The van der Waals surface area contributed by atoms with Gasteiger partial charge in [-0.25, -0.2) is 4.98 Å². The number of nitrogens with zero attached hydrogens (tertiary/aromatic N) is 2.